The maximum absolute atomic E-state index is 9.47. The van der Waals surface area contributed by atoms with Gasteiger partial charge in [-0.25, -0.2) is 0 Å². The predicted octanol–water partition coefficient (Wildman–Crippen LogP) is 13.7. The highest BCUT2D eigenvalue weighted by Crippen LogP contribution is 2.50. The number of ether oxygens (including phenoxy) is 1. The van der Waals surface area contributed by atoms with Crippen LogP contribution in [-0.2, 0) is 0 Å². The van der Waals surface area contributed by atoms with Crippen molar-refractivity contribution in [1.82, 2.24) is 0 Å². The minimum atomic E-state index is -0.497. The van der Waals surface area contributed by atoms with E-state index in [9.17, 15) is 4.11 Å². The first-order chi connectivity index (χ1) is 28.0. The van der Waals surface area contributed by atoms with Crippen LogP contribution in [0.25, 0.3) is 98.4 Å². The van der Waals surface area contributed by atoms with E-state index in [1.54, 1.807) is 0 Å². The van der Waals surface area contributed by atoms with E-state index in [1.807, 2.05) is 66.7 Å². The van der Waals surface area contributed by atoms with Gasteiger partial charge in [0.1, 0.15) is 11.5 Å². The highest BCUT2D eigenvalue weighted by atomic mass is 16.5. The largest absolute Gasteiger partial charge is 0.456 e. The molecule has 0 N–H and O–H groups in total. The second kappa shape index (κ2) is 10.0. The second-order valence-electron chi connectivity index (χ2n) is 12.6. The molecule has 0 saturated heterocycles. The molecule has 10 aromatic rings. The van der Waals surface area contributed by atoms with E-state index in [2.05, 4.69) is 48.5 Å². The summed E-state index contributed by atoms with van der Waals surface area (Å²) >= 11 is 0. The fraction of sp³-hybridized carbons (Fsp3) is 0. The van der Waals surface area contributed by atoms with E-state index in [4.69, 9.17) is 13.0 Å². The standard InChI is InChI=1S/C48H28O/c1-2-8-29(9-3-1)35-24-36(26-37(25-35)39-21-18-32-17-16-30-11-6-12-31-19-22-42(39)47(32)46(30)31)33-20-23-44-43(27-33)41-15-7-14-40-38-13-5-4-10-34(38)28-45(49-44)48(40)41/h1-28H/i6D,11D,12D,16D,17D,18D,19D,21D,22D. The maximum Gasteiger partial charge on any atom is 0.136 e. The van der Waals surface area contributed by atoms with Crippen LogP contribution in [0.3, 0.4) is 0 Å². The van der Waals surface area contributed by atoms with Gasteiger partial charge in [0.05, 0.1) is 12.3 Å². The summed E-state index contributed by atoms with van der Waals surface area (Å²) in [7, 11) is 0. The molecule has 226 valence electrons. The fourth-order valence-electron chi connectivity index (χ4n) is 7.57. The van der Waals surface area contributed by atoms with Crippen LogP contribution in [0.1, 0.15) is 12.3 Å². The molecule has 0 amide bonds. The maximum atomic E-state index is 9.47. The molecular formula is C48H28O. The highest BCUT2D eigenvalue weighted by molar-refractivity contribution is 6.25. The van der Waals surface area contributed by atoms with Gasteiger partial charge in [0.15, 0.2) is 0 Å². The summed E-state index contributed by atoms with van der Waals surface area (Å²) in [4.78, 5) is 0. The van der Waals surface area contributed by atoms with Gasteiger partial charge < -0.3 is 4.74 Å². The molecular weight excluding hydrogens is 593 g/mol. The average Bonchev–Trinajstić information content (AvgIpc) is 3.24. The average molecular weight is 630 g/mol. The smallest absolute Gasteiger partial charge is 0.136 e. The van der Waals surface area contributed by atoms with Crippen molar-refractivity contribution in [3.05, 3.63) is 170 Å². The number of hydrogen-bond acceptors (Lipinski definition) is 1. The molecule has 0 atom stereocenters. The molecule has 11 rings (SSSR count). The number of benzene rings is 10. The Hall–Kier alpha value is -6.44. The molecule has 1 aliphatic heterocycles. The lowest BCUT2D eigenvalue weighted by Crippen LogP contribution is -1.98. The van der Waals surface area contributed by atoms with Crippen molar-refractivity contribution in [2.75, 3.05) is 0 Å². The molecule has 0 radical (unpaired) electrons. The van der Waals surface area contributed by atoms with Gasteiger partial charge >= 0.3 is 0 Å². The van der Waals surface area contributed by atoms with Crippen molar-refractivity contribution in [3.63, 3.8) is 0 Å². The van der Waals surface area contributed by atoms with E-state index in [1.165, 1.54) is 0 Å². The summed E-state index contributed by atoms with van der Waals surface area (Å²) in [5.41, 5.74) is 6.03. The number of fused-ring (bicyclic) bond motifs is 4. The lowest BCUT2D eigenvalue weighted by atomic mass is 9.87. The van der Waals surface area contributed by atoms with E-state index < -0.39 is 30.2 Å². The summed E-state index contributed by atoms with van der Waals surface area (Å²) in [5, 5.41) is 4.61. The normalized spacial score (nSPS) is 14.8. The van der Waals surface area contributed by atoms with E-state index in [0.717, 1.165) is 66.4 Å². The Balaban J connectivity index is 1.22. The molecule has 0 aromatic heterocycles. The number of rotatable bonds is 3. The monoisotopic (exact) mass is 629 g/mol. The summed E-state index contributed by atoms with van der Waals surface area (Å²) in [6.45, 7) is 0. The van der Waals surface area contributed by atoms with Gasteiger partial charge in [0, 0.05) is 10.9 Å². The van der Waals surface area contributed by atoms with Crippen molar-refractivity contribution < 1.29 is 17.1 Å². The molecule has 49 heavy (non-hydrogen) atoms. The third kappa shape index (κ3) is 3.94. The Morgan fingerprint density at radius 3 is 1.94 bits per heavy atom. The molecule has 0 spiro atoms. The summed E-state index contributed by atoms with van der Waals surface area (Å²) in [6, 6.07) is 34.9. The van der Waals surface area contributed by atoms with Crippen LogP contribution in [0.15, 0.2) is 170 Å². The van der Waals surface area contributed by atoms with E-state index >= 15 is 0 Å². The van der Waals surface area contributed by atoms with Crippen LogP contribution in [0.5, 0.6) is 11.5 Å². The van der Waals surface area contributed by atoms with Gasteiger partial charge in [0.2, 0.25) is 0 Å². The van der Waals surface area contributed by atoms with Crippen LogP contribution >= 0.6 is 0 Å². The van der Waals surface area contributed by atoms with E-state index in [-0.39, 0.29) is 62.1 Å². The molecule has 0 aliphatic carbocycles. The molecule has 0 bridgehead atoms. The van der Waals surface area contributed by atoms with Crippen LogP contribution < -0.4 is 4.74 Å². The van der Waals surface area contributed by atoms with Gasteiger partial charge in [-0.2, -0.15) is 0 Å². The Labute approximate surface area is 296 Å². The van der Waals surface area contributed by atoms with Crippen molar-refractivity contribution in [2.24, 2.45) is 0 Å². The zero-order valence-electron chi connectivity index (χ0n) is 34.9. The molecule has 1 heterocycles. The minimum Gasteiger partial charge on any atom is -0.456 e. The quantitative estimate of drug-likeness (QED) is 0.177. The summed E-state index contributed by atoms with van der Waals surface area (Å²) in [6.07, 6.45) is 0. The first-order valence-electron chi connectivity index (χ1n) is 20.7. The lowest BCUT2D eigenvalue weighted by Gasteiger charge is -2.23. The van der Waals surface area contributed by atoms with Gasteiger partial charge in [-0.15, -0.1) is 0 Å². The predicted molar refractivity (Wildman–Crippen MR) is 207 cm³/mol. The Morgan fingerprint density at radius 2 is 1.06 bits per heavy atom. The first-order valence-corrected chi connectivity index (χ1v) is 16.2. The van der Waals surface area contributed by atoms with Crippen molar-refractivity contribution in [2.45, 2.75) is 0 Å². The van der Waals surface area contributed by atoms with Gasteiger partial charge in [-0.05, 0) is 124 Å². The van der Waals surface area contributed by atoms with Crippen molar-refractivity contribution in [3.8, 4) is 56.0 Å². The molecule has 1 aliphatic rings. The summed E-state index contributed by atoms with van der Waals surface area (Å²) < 4.78 is 87.8. The Morgan fingerprint density at radius 1 is 0.347 bits per heavy atom. The molecule has 1 nitrogen and oxygen atoms in total. The Bertz CT molecular complexity index is 3450. The lowest BCUT2D eigenvalue weighted by molar-refractivity contribution is 0.488. The Kier molecular flexibility index (Phi) is 3.97. The zero-order chi connectivity index (χ0) is 39.9. The summed E-state index contributed by atoms with van der Waals surface area (Å²) in [5.74, 6) is 1.51. The molecule has 0 fully saturated rings. The molecule has 0 saturated carbocycles. The van der Waals surface area contributed by atoms with Crippen LogP contribution in [0, 0.1) is 0 Å². The third-order valence-electron chi connectivity index (χ3n) is 9.81. The molecule has 1 heteroatoms. The fourth-order valence-corrected chi connectivity index (χ4v) is 7.57. The first kappa shape index (κ1) is 19.4. The van der Waals surface area contributed by atoms with Gasteiger partial charge in [0.25, 0.3) is 0 Å². The van der Waals surface area contributed by atoms with Crippen LogP contribution in [-0.4, -0.2) is 0 Å². The van der Waals surface area contributed by atoms with Crippen LogP contribution in [0.4, 0.5) is 0 Å². The third-order valence-corrected chi connectivity index (χ3v) is 9.81. The van der Waals surface area contributed by atoms with E-state index in [0.29, 0.717) is 5.56 Å². The molecule has 0 unspecified atom stereocenters. The van der Waals surface area contributed by atoms with Gasteiger partial charge in [-0.1, -0.05) is 133 Å². The second-order valence-corrected chi connectivity index (χ2v) is 12.6. The number of hydrogen-bond donors (Lipinski definition) is 0. The van der Waals surface area contributed by atoms with Crippen molar-refractivity contribution in [1.29, 1.82) is 0 Å². The SMILES string of the molecule is [2H]c1c([2H])c2c([2H])c([2H])c3c([2H])c([2H])c(-c4cc(-c5ccccc5)cc(-c5ccc6c(c5)-c5cccc7c5c(cc5ccccc57)O6)c4)c4c([2H])c([2H])c(c1[2H])c2c34. The minimum absolute atomic E-state index is 0.0485. The zero-order valence-corrected chi connectivity index (χ0v) is 25.9. The highest BCUT2D eigenvalue weighted by Gasteiger charge is 2.22. The molecule has 10 aromatic carbocycles. The van der Waals surface area contributed by atoms with Crippen LogP contribution in [0.2, 0.25) is 0 Å². The van der Waals surface area contributed by atoms with Gasteiger partial charge in [-0.3, -0.25) is 0 Å². The topological polar surface area (TPSA) is 9.23 Å². The van der Waals surface area contributed by atoms with Crippen molar-refractivity contribution >= 4 is 53.9 Å².